The Morgan fingerprint density at radius 3 is 2.09 bits per heavy atom. The maximum Gasteiger partial charge on any atom is 0.253 e. The summed E-state index contributed by atoms with van der Waals surface area (Å²) in [5, 5.41) is 0. The van der Waals surface area contributed by atoms with E-state index in [1.807, 2.05) is 35.2 Å². The standard InChI is InChI=1S/C20H24N2O/c1-17(18-8-4-2-5-9-18)16-21-12-14-22(15-13-21)20(23)19-10-6-3-7-11-19/h2-11,17H,12-16H2,1H3. The third kappa shape index (κ3) is 3.99. The van der Waals surface area contributed by atoms with E-state index in [4.69, 9.17) is 0 Å². The number of carbonyl (C=O) groups is 1. The largest absolute Gasteiger partial charge is 0.336 e. The van der Waals surface area contributed by atoms with Crippen LogP contribution in [-0.4, -0.2) is 48.4 Å². The lowest BCUT2D eigenvalue weighted by Gasteiger charge is -2.36. The summed E-state index contributed by atoms with van der Waals surface area (Å²) in [6.45, 7) is 6.87. The summed E-state index contributed by atoms with van der Waals surface area (Å²) in [6.07, 6.45) is 0. The highest BCUT2D eigenvalue weighted by Crippen LogP contribution is 2.17. The summed E-state index contributed by atoms with van der Waals surface area (Å²) in [6, 6.07) is 20.2. The van der Waals surface area contributed by atoms with Crippen LogP contribution in [0.25, 0.3) is 0 Å². The Bertz CT molecular complexity index is 619. The van der Waals surface area contributed by atoms with Crippen LogP contribution in [0, 0.1) is 0 Å². The Morgan fingerprint density at radius 2 is 1.48 bits per heavy atom. The Hall–Kier alpha value is -2.13. The highest BCUT2D eigenvalue weighted by atomic mass is 16.2. The third-order valence-corrected chi connectivity index (χ3v) is 4.58. The molecule has 0 bridgehead atoms. The average Bonchev–Trinajstić information content (AvgIpc) is 2.63. The summed E-state index contributed by atoms with van der Waals surface area (Å²) < 4.78 is 0. The molecule has 3 nitrogen and oxygen atoms in total. The molecule has 1 aliphatic heterocycles. The number of benzene rings is 2. The van der Waals surface area contributed by atoms with Crippen molar-refractivity contribution in [2.75, 3.05) is 32.7 Å². The van der Waals surface area contributed by atoms with Gasteiger partial charge < -0.3 is 4.90 Å². The number of carbonyl (C=O) groups excluding carboxylic acids is 1. The van der Waals surface area contributed by atoms with Crippen molar-refractivity contribution in [2.45, 2.75) is 12.8 Å². The number of amides is 1. The molecule has 1 unspecified atom stereocenters. The maximum absolute atomic E-state index is 12.5. The third-order valence-electron chi connectivity index (χ3n) is 4.58. The minimum Gasteiger partial charge on any atom is -0.336 e. The Labute approximate surface area is 138 Å². The molecule has 3 heteroatoms. The van der Waals surface area contributed by atoms with Crippen LogP contribution < -0.4 is 0 Å². The van der Waals surface area contributed by atoms with Crippen molar-refractivity contribution >= 4 is 5.91 Å². The molecule has 3 rings (SSSR count). The molecule has 0 spiro atoms. The predicted molar refractivity (Wildman–Crippen MR) is 93.6 cm³/mol. The van der Waals surface area contributed by atoms with Crippen LogP contribution >= 0.6 is 0 Å². The van der Waals surface area contributed by atoms with Crippen molar-refractivity contribution in [1.82, 2.24) is 9.80 Å². The molecule has 120 valence electrons. The molecule has 0 radical (unpaired) electrons. The highest BCUT2D eigenvalue weighted by molar-refractivity contribution is 5.94. The zero-order valence-electron chi connectivity index (χ0n) is 13.7. The van der Waals surface area contributed by atoms with Gasteiger partial charge in [0.25, 0.3) is 5.91 Å². The topological polar surface area (TPSA) is 23.6 Å². The Balaban J connectivity index is 1.52. The van der Waals surface area contributed by atoms with Crippen molar-refractivity contribution in [1.29, 1.82) is 0 Å². The first-order valence-corrected chi connectivity index (χ1v) is 8.35. The summed E-state index contributed by atoms with van der Waals surface area (Å²) in [5.74, 6) is 0.675. The van der Waals surface area contributed by atoms with E-state index in [-0.39, 0.29) is 5.91 Å². The second kappa shape index (κ2) is 7.42. The van der Waals surface area contributed by atoms with E-state index in [1.54, 1.807) is 0 Å². The van der Waals surface area contributed by atoms with Gasteiger partial charge in [-0.3, -0.25) is 9.69 Å². The van der Waals surface area contributed by atoms with Gasteiger partial charge in [0.05, 0.1) is 0 Å². The van der Waals surface area contributed by atoms with E-state index < -0.39 is 0 Å². The summed E-state index contributed by atoms with van der Waals surface area (Å²) >= 11 is 0. The molecule has 1 saturated heterocycles. The molecule has 1 heterocycles. The minimum absolute atomic E-state index is 0.154. The van der Waals surface area contributed by atoms with Crippen LogP contribution in [0.5, 0.6) is 0 Å². The van der Waals surface area contributed by atoms with Crippen LogP contribution in [0.2, 0.25) is 0 Å². The van der Waals surface area contributed by atoms with E-state index in [2.05, 4.69) is 42.2 Å². The Kier molecular flexibility index (Phi) is 5.09. The molecular weight excluding hydrogens is 284 g/mol. The molecular formula is C20H24N2O. The van der Waals surface area contributed by atoms with Crippen LogP contribution in [0.4, 0.5) is 0 Å². The molecule has 1 atom stereocenters. The minimum atomic E-state index is 0.154. The zero-order valence-corrected chi connectivity index (χ0v) is 13.7. The quantitative estimate of drug-likeness (QED) is 0.865. The van der Waals surface area contributed by atoms with E-state index in [9.17, 15) is 4.79 Å². The lowest BCUT2D eigenvalue weighted by molar-refractivity contribution is 0.0631. The van der Waals surface area contributed by atoms with Crippen LogP contribution in [0.3, 0.4) is 0 Å². The second-order valence-electron chi connectivity index (χ2n) is 6.27. The maximum atomic E-state index is 12.5. The van der Waals surface area contributed by atoms with Crippen LogP contribution in [-0.2, 0) is 0 Å². The van der Waals surface area contributed by atoms with E-state index in [1.165, 1.54) is 5.56 Å². The predicted octanol–water partition coefficient (Wildman–Crippen LogP) is 3.25. The molecule has 1 amide bonds. The van der Waals surface area contributed by atoms with Gasteiger partial charge in [-0.2, -0.15) is 0 Å². The fourth-order valence-corrected chi connectivity index (χ4v) is 3.17. The molecule has 23 heavy (non-hydrogen) atoms. The van der Waals surface area contributed by atoms with Gasteiger partial charge in [0.15, 0.2) is 0 Å². The van der Waals surface area contributed by atoms with Crippen LogP contribution in [0.15, 0.2) is 60.7 Å². The lowest BCUT2D eigenvalue weighted by Crippen LogP contribution is -2.49. The Morgan fingerprint density at radius 1 is 0.913 bits per heavy atom. The molecule has 1 fully saturated rings. The van der Waals surface area contributed by atoms with Crippen molar-refractivity contribution in [3.05, 3.63) is 71.8 Å². The summed E-state index contributed by atoms with van der Waals surface area (Å²) in [7, 11) is 0. The number of hydrogen-bond donors (Lipinski definition) is 0. The number of hydrogen-bond acceptors (Lipinski definition) is 2. The van der Waals surface area contributed by atoms with E-state index in [0.717, 1.165) is 38.3 Å². The van der Waals surface area contributed by atoms with Crippen LogP contribution in [0.1, 0.15) is 28.8 Å². The fraction of sp³-hybridized carbons (Fsp3) is 0.350. The van der Waals surface area contributed by atoms with E-state index in [0.29, 0.717) is 5.92 Å². The first kappa shape index (κ1) is 15.8. The second-order valence-corrected chi connectivity index (χ2v) is 6.27. The van der Waals surface area contributed by atoms with Crippen molar-refractivity contribution < 1.29 is 4.79 Å². The molecule has 0 saturated carbocycles. The average molecular weight is 308 g/mol. The number of nitrogens with zero attached hydrogens (tertiary/aromatic N) is 2. The normalized spacial score (nSPS) is 17.0. The van der Waals surface area contributed by atoms with Gasteiger partial charge in [0.2, 0.25) is 0 Å². The lowest BCUT2D eigenvalue weighted by atomic mass is 10.0. The summed E-state index contributed by atoms with van der Waals surface area (Å²) in [4.78, 5) is 16.9. The highest BCUT2D eigenvalue weighted by Gasteiger charge is 2.23. The number of rotatable bonds is 4. The monoisotopic (exact) mass is 308 g/mol. The SMILES string of the molecule is CC(CN1CCN(C(=O)c2ccccc2)CC1)c1ccccc1. The fourth-order valence-electron chi connectivity index (χ4n) is 3.17. The molecule has 1 aliphatic rings. The van der Waals surface area contributed by atoms with Gasteiger partial charge in [-0.1, -0.05) is 55.5 Å². The van der Waals surface area contributed by atoms with Gasteiger partial charge in [-0.15, -0.1) is 0 Å². The van der Waals surface area contributed by atoms with Gasteiger partial charge in [-0.25, -0.2) is 0 Å². The summed E-state index contributed by atoms with van der Waals surface area (Å²) in [5.41, 5.74) is 2.17. The first-order chi connectivity index (χ1) is 11.2. The molecule has 0 N–H and O–H groups in total. The zero-order chi connectivity index (χ0) is 16.1. The van der Waals surface area contributed by atoms with Crippen molar-refractivity contribution in [3.63, 3.8) is 0 Å². The molecule has 2 aromatic rings. The van der Waals surface area contributed by atoms with Crippen molar-refractivity contribution in [2.24, 2.45) is 0 Å². The van der Waals surface area contributed by atoms with Gasteiger partial charge in [0, 0.05) is 38.3 Å². The van der Waals surface area contributed by atoms with Gasteiger partial charge in [-0.05, 0) is 23.6 Å². The number of piperazine rings is 1. The van der Waals surface area contributed by atoms with Crippen molar-refractivity contribution in [3.8, 4) is 0 Å². The van der Waals surface area contributed by atoms with Gasteiger partial charge in [0.1, 0.15) is 0 Å². The smallest absolute Gasteiger partial charge is 0.253 e. The molecule has 0 aromatic heterocycles. The first-order valence-electron chi connectivity index (χ1n) is 8.35. The van der Waals surface area contributed by atoms with Gasteiger partial charge >= 0.3 is 0 Å². The van der Waals surface area contributed by atoms with E-state index >= 15 is 0 Å². The molecule has 0 aliphatic carbocycles. The molecule has 2 aromatic carbocycles.